The molecule has 0 aliphatic carbocycles. The highest BCUT2D eigenvalue weighted by molar-refractivity contribution is 5.15. The largest absolute Gasteiger partial charge is 0.373 e. The van der Waals surface area contributed by atoms with E-state index in [9.17, 15) is 0 Å². The summed E-state index contributed by atoms with van der Waals surface area (Å²) in [6.45, 7) is 9.15. The Morgan fingerprint density at radius 2 is 2.10 bits per heavy atom. The van der Waals surface area contributed by atoms with Crippen LogP contribution in [0.5, 0.6) is 0 Å². The van der Waals surface area contributed by atoms with Crippen molar-refractivity contribution in [2.45, 2.75) is 38.7 Å². The lowest BCUT2D eigenvalue weighted by Crippen LogP contribution is -2.33. The maximum Gasteiger partial charge on any atom is 0.0824 e. The van der Waals surface area contributed by atoms with E-state index in [-0.39, 0.29) is 5.60 Å². The van der Waals surface area contributed by atoms with Gasteiger partial charge < -0.3 is 9.64 Å². The summed E-state index contributed by atoms with van der Waals surface area (Å²) < 4.78 is 6.22. The summed E-state index contributed by atoms with van der Waals surface area (Å²) >= 11 is 0. The normalized spacial score (nSPS) is 30.6. The highest BCUT2D eigenvalue weighted by atomic mass is 16.5. The van der Waals surface area contributed by atoms with Gasteiger partial charge in [-0.05, 0) is 36.7 Å². The molecule has 2 aliphatic rings. The first-order valence-electron chi connectivity index (χ1n) is 8.07. The zero-order chi connectivity index (χ0) is 14.0. The molecule has 3 rings (SSSR count). The van der Waals surface area contributed by atoms with Crippen molar-refractivity contribution in [3.8, 4) is 0 Å². The standard InChI is InChI=1S/C18H27NO/c1-15(2)17-12-18(20-13-17)9-11-19(14-18)10-8-16-6-4-3-5-7-16/h3-7,15,17H,8-14H2,1-2H3. The van der Waals surface area contributed by atoms with Gasteiger partial charge in [0.2, 0.25) is 0 Å². The highest BCUT2D eigenvalue weighted by Gasteiger charge is 2.45. The molecule has 0 N–H and O–H groups in total. The molecule has 1 aromatic carbocycles. The van der Waals surface area contributed by atoms with Crippen LogP contribution < -0.4 is 0 Å². The molecule has 0 radical (unpaired) electrons. The van der Waals surface area contributed by atoms with E-state index in [1.54, 1.807) is 0 Å². The van der Waals surface area contributed by atoms with Crippen LogP contribution in [-0.4, -0.2) is 36.7 Å². The quantitative estimate of drug-likeness (QED) is 0.834. The van der Waals surface area contributed by atoms with Gasteiger partial charge in [-0.3, -0.25) is 0 Å². The van der Waals surface area contributed by atoms with Gasteiger partial charge in [-0.1, -0.05) is 44.2 Å². The number of hydrogen-bond donors (Lipinski definition) is 0. The Morgan fingerprint density at radius 3 is 2.80 bits per heavy atom. The smallest absolute Gasteiger partial charge is 0.0824 e. The average Bonchev–Trinajstić information content (AvgIpc) is 3.06. The van der Waals surface area contributed by atoms with E-state index in [0.29, 0.717) is 0 Å². The van der Waals surface area contributed by atoms with Gasteiger partial charge in [0, 0.05) is 19.6 Å². The van der Waals surface area contributed by atoms with Crippen molar-refractivity contribution in [2.24, 2.45) is 11.8 Å². The Bertz CT molecular complexity index is 430. The number of ether oxygens (including phenoxy) is 1. The monoisotopic (exact) mass is 273 g/mol. The fourth-order valence-corrected chi connectivity index (χ4v) is 3.64. The number of benzene rings is 1. The third-order valence-corrected chi connectivity index (χ3v) is 5.14. The summed E-state index contributed by atoms with van der Waals surface area (Å²) in [6.07, 6.45) is 3.65. The van der Waals surface area contributed by atoms with Crippen molar-refractivity contribution in [3.63, 3.8) is 0 Å². The second-order valence-electron chi connectivity index (χ2n) is 6.96. The Morgan fingerprint density at radius 1 is 1.30 bits per heavy atom. The molecule has 0 aromatic heterocycles. The zero-order valence-corrected chi connectivity index (χ0v) is 12.8. The molecule has 20 heavy (non-hydrogen) atoms. The molecule has 2 heterocycles. The van der Waals surface area contributed by atoms with Crippen molar-refractivity contribution in [1.29, 1.82) is 0 Å². The molecule has 2 fully saturated rings. The van der Waals surface area contributed by atoms with E-state index in [4.69, 9.17) is 4.74 Å². The third-order valence-electron chi connectivity index (χ3n) is 5.14. The minimum absolute atomic E-state index is 0.186. The molecule has 1 aromatic rings. The van der Waals surface area contributed by atoms with E-state index < -0.39 is 0 Å². The van der Waals surface area contributed by atoms with Crippen LogP contribution in [0.1, 0.15) is 32.3 Å². The number of likely N-dealkylation sites (tertiary alicyclic amines) is 1. The SMILES string of the molecule is CC(C)C1COC2(CCN(CCc3ccccc3)C2)C1. The Hall–Kier alpha value is -0.860. The fraction of sp³-hybridized carbons (Fsp3) is 0.667. The zero-order valence-electron chi connectivity index (χ0n) is 12.8. The van der Waals surface area contributed by atoms with Gasteiger partial charge in [-0.15, -0.1) is 0 Å². The molecule has 2 saturated heterocycles. The van der Waals surface area contributed by atoms with Crippen LogP contribution in [0.25, 0.3) is 0 Å². The molecule has 1 spiro atoms. The molecule has 2 atom stereocenters. The van der Waals surface area contributed by atoms with Crippen LogP contribution in [0.15, 0.2) is 30.3 Å². The third kappa shape index (κ3) is 3.07. The van der Waals surface area contributed by atoms with Crippen molar-refractivity contribution >= 4 is 0 Å². The van der Waals surface area contributed by atoms with Gasteiger partial charge >= 0.3 is 0 Å². The highest BCUT2D eigenvalue weighted by Crippen LogP contribution is 2.40. The van der Waals surface area contributed by atoms with Crippen LogP contribution in [0.4, 0.5) is 0 Å². The minimum Gasteiger partial charge on any atom is -0.373 e. The number of hydrogen-bond acceptors (Lipinski definition) is 2. The molecule has 2 heteroatoms. The van der Waals surface area contributed by atoms with Crippen molar-refractivity contribution < 1.29 is 4.74 Å². The summed E-state index contributed by atoms with van der Waals surface area (Å²) in [6, 6.07) is 10.8. The molecule has 0 amide bonds. The van der Waals surface area contributed by atoms with Gasteiger partial charge in [0.15, 0.2) is 0 Å². The molecule has 2 unspecified atom stereocenters. The lowest BCUT2D eigenvalue weighted by Gasteiger charge is -2.24. The first-order chi connectivity index (χ1) is 9.67. The molecule has 2 aliphatic heterocycles. The summed E-state index contributed by atoms with van der Waals surface area (Å²) in [7, 11) is 0. The molecule has 2 nitrogen and oxygen atoms in total. The van der Waals surface area contributed by atoms with E-state index in [1.165, 1.54) is 31.5 Å². The molecular weight excluding hydrogens is 246 g/mol. The first kappa shape index (κ1) is 14.1. The summed E-state index contributed by atoms with van der Waals surface area (Å²) in [5.74, 6) is 1.52. The Labute approximate surface area is 123 Å². The van der Waals surface area contributed by atoms with Gasteiger partial charge in [0.1, 0.15) is 0 Å². The predicted molar refractivity (Wildman–Crippen MR) is 82.8 cm³/mol. The predicted octanol–water partition coefficient (Wildman–Crippen LogP) is 3.37. The fourth-order valence-electron chi connectivity index (χ4n) is 3.64. The minimum atomic E-state index is 0.186. The van der Waals surface area contributed by atoms with Crippen LogP contribution in [-0.2, 0) is 11.2 Å². The average molecular weight is 273 g/mol. The maximum absolute atomic E-state index is 6.22. The van der Waals surface area contributed by atoms with Gasteiger partial charge in [0.25, 0.3) is 0 Å². The van der Waals surface area contributed by atoms with E-state index in [1.807, 2.05) is 0 Å². The van der Waals surface area contributed by atoms with Crippen molar-refractivity contribution in [3.05, 3.63) is 35.9 Å². The van der Waals surface area contributed by atoms with E-state index >= 15 is 0 Å². The second kappa shape index (κ2) is 5.87. The first-order valence-corrected chi connectivity index (χ1v) is 8.07. The molecule has 0 saturated carbocycles. The molecular formula is C18H27NO. The summed E-state index contributed by atoms with van der Waals surface area (Å²) in [5.41, 5.74) is 1.63. The van der Waals surface area contributed by atoms with Gasteiger partial charge in [-0.2, -0.15) is 0 Å². The summed E-state index contributed by atoms with van der Waals surface area (Å²) in [4.78, 5) is 2.59. The van der Waals surface area contributed by atoms with Gasteiger partial charge in [0.05, 0.1) is 12.2 Å². The summed E-state index contributed by atoms with van der Waals surface area (Å²) in [5, 5.41) is 0. The van der Waals surface area contributed by atoms with Crippen molar-refractivity contribution in [2.75, 3.05) is 26.2 Å². The van der Waals surface area contributed by atoms with E-state index in [0.717, 1.165) is 31.4 Å². The molecule has 110 valence electrons. The number of rotatable bonds is 4. The second-order valence-corrected chi connectivity index (χ2v) is 6.96. The van der Waals surface area contributed by atoms with Gasteiger partial charge in [-0.25, -0.2) is 0 Å². The Balaban J connectivity index is 1.50. The molecule has 0 bridgehead atoms. The number of nitrogens with zero attached hydrogens (tertiary/aromatic N) is 1. The lowest BCUT2D eigenvalue weighted by atomic mass is 9.87. The maximum atomic E-state index is 6.22. The van der Waals surface area contributed by atoms with Crippen LogP contribution in [0.2, 0.25) is 0 Å². The van der Waals surface area contributed by atoms with E-state index in [2.05, 4.69) is 49.1 Å². The van der Waals surface area contributed by atoms with Crippen LogP contribution in [0, 0.1) is 11.8 Å². The van der Waals surface area contributed by atoms with Crippen LogP contribution in [0.3, 0.4) is 0 Å². The van der Waals surface area contributed by atoms with Crippen LogP contribution >= 0.6 is 0 Å². The van der Waals surface area contributed by atoms with Crippen molar-refractivity contribution in [1.82, 2.24) is 4.90 Å². The Kier molecular flexibility index (Phi) is 4.13. The lowest BCUT2D eigenvalue weighted by molar-refractivity contribution is 0.0112. The topological polar surface area (TPSA) is 12.5 Å².